The van der Waals surface area contributed by atoms with Crippen molar-refractivity contribution < 1.29 is 32.2 Å². The molecule has 2 N–H and O–H groups in total. The van der Waals surface area contributed by atoms with Gasteiger partial charge in [-0.2, -0.15) is 0 Å². The lowest BCUT2D eigenvalue weighted by Gasteiger charge is -2.35. The van der Waals surface area contributed by atoms with Crippen molar-refractivity contribution in [1.82, 2.24) is 15.2 Å². The molecule has 45 heavy (non-hydrogen) atoms. The van der Waals surface area contributed by atoms with E-state index < -0.39 is 33.5 Å². The number of aromatic hydroxyl groups is 1. The van der Waals surface area contributed by atoms with Crippen LogP contribution in [0.5, 0.6) is 5.75 Å². The number of rotatable bonds is 7. The summed E-state index contributed by atoms with van der Waals surface area (Å²) in [6, 6.07) is 17.7. The van der Waals surface area contributed by atoms with Crippen molar-refractivity contribution in [3.05, 3.63) is 95.9 Å². The fourth-order valence-corrected chi connectivity index (χ4v) is 7.29. The molecule has 5 rings (SSSR count). The van der Waals surface area contributed by atoms with Crippen molar-refractivity contribution in [3.8, 4) is 5.75 Å². The Kier molecular flexibility index (Phi) is 9.11. The molecule has 3 aromatic carbocycles. The third kappa shape index (κ3) is 7.42. The zero-order valence-corrected chi connectivity index (χ0v) is 26.2. The van der Waals surface area contributed by atoms with E-state index in [1.807, 2.05) is 0 Å². The minimum atomic E-state index is -4.28. The number of ether oxygens (including phenoxy) is 1. The summed E-state index contributed by atoms with van der Waals surface area (Å²) in [6.07, 6.45) is 1.68. The van der Waals surface area contributed by atoms with Crippen LogP contribution in [0.15, 0.2) is 88.9 Å². The molecule has 1 saturated heterocycles. The lowest BCUT2D eigenvalue weighted by atomic mass is 9.89. The minimum Gasteiger partial charge on any atom is -0.508 e. The molecule has 1 atom stereocenters. The Balaban J connectivity index is 1.45. The number of benzene rings is 3. The van der Waals surface area contributed by atoms with Gasteiger partial charge in [0.2, 0.25) is 15.7 Å². The highest BCUT2D eigenvalue weighted by atomic mass is 32.2. The summed E-state index contributed by atoms with van der Waals surface area (Å²) in [5.74, 6) is -0.829. The monoisotopic (exact) mass is 633 g/mol. The van der Waals surface area contributed by atoms with Gasteiger partial charge in [-0.15, -0.1) is 0 Å². The molecule has 1 aliphatic rings. The lowest BCUT2D eigenvalue weighted by Crippen LogP contribution is -2.52. The van der Waals surface area contributed by atoms with E-state index in [1.165, 1.54) is 30.5 Å². The number of carbonyl (C=O) groups is 2. The molecule has 0 aliphatic carbocycles. The first kappa shape index (κ1) is 31.9. The molecule has 0 saturated carbocycles. The van der Waals surface area contributed by atoms with Crippen molar-refractivity contribution in [1.29, 1.82) is 0 Å². The third-order valence-corrected chi connectivity index (χ3v) is 9.59. The van der Waals surface area contributed by atoms with Crippen molar-refractivity contribution in [3.63, 3.8) is 0 Å². The van der Waals surface area contributed by atoms with Gasteiger partial charge in [0.05, 0.1) is 4.90 Å². The largest absolute Gasteiger partial charge is 0.508 e. The number of hydrogen-bond donors (Lipinski definition) is 2. The fourth-order valence-electron chi connectivity index (χ4n) is 5.63. The molecule has 1 fully saturated rings. The van der Waals surface area contributed by atoms with E-state index in [0.29, 0.717) is 36.7 Å². The molecule has 9 nitrogen and oxygen atoms in total. The molecule has 2 heterocycles. The van der Waals surface area contributed by atoms with Gasteiger partial charge < -0.3 is 20.1 Å². The van der Waals surface area contributed by atoms with E-state index in [1.54, 1.807) is 68.1 Å². The molecule has 0 bridgehead atoms. The first-order valence-electron chi connectivity index (χ1n) is 14.8. The summed E-state index contributed by atoms with van der Waals surface area (Å²) < 4.78 is 47.0. The number of nitrogens with one attached hydrogen (secondary N) is 1. The highest BCUT2D eigenvalue weighted by molar-refractivity contribution is 7.91. The zero-order chi connectivity index (χ0) is 32.4. The minimum absolute atomic E-state index is 0.147. The second-order valence-corrected chi connectivity index (χ2v) is 14.0. The van der Waals surface area contributed by atoms with Crippen LogP contribution in [-0.2, 0) is 25.8 Å². The van der Waals surface area contributed by atoms with Crippen molar-refractivity contribution in [2.24, 2.45) is 0 Å². The normalized spacial score (nSPS) is 15.1. The van der Waals surface area contributed by atoms with Gasteiger partial charge in [-0.1, -0.05) is 42.5 Å². The molecule has 0 radical (unpaired) electrons. The lowest BCUT2D eigenvalue weighted by molar-refractivity contribution is -0.134. The van der Waals surface area contributed by atoms with Crippen LogP contribution in [0.2, 0.25) is 0 Å². The van der Waals surface area contributed by atoms with Crippen LogP contribution < -0.4 is 5.32 Å². The molecule has 1 aromatic heterocycles. The van der Waals surface area contributed by atoms with Gasteiger partial charge in [-0.3, -0.25) is 4.79 Å². The van der Waals surface area contributed by atoms with E-state index in [2.05, 4.69) is 10.3 Å². The first-order chi connectivity index (χ1) is 21.3. The first-order valence-corrected chi connectivity index (χ1v) is 16.2. The van der Waals surface area contributed by atoms with Crippen LogP contribution in [0.3, 0.4) is 0 Å². The summed E-state index contributed by atoms with van der Waals surface area (Å²) in [4.78, 5) is 32.5. The number of halogens is 1. The Morgan fingerprint density at radius 1 is 1.04 bits per heavy atom. The maximum atomic E-state index is 14.1. The number of phenols is 1. The van der Waals surface area contributed by atoms with E-state index >= 15 is 0 Å². The summed E-state index contributed by atoms with van der Waals surface area (Å²) in [5.41, 5.74) is 0.379. The van der Waals surface area contributed by atoms with Crippen molar-refractivity contribution >= 4 is 32.6 Å². The maximum absolute atomic E-state index is 14.1. The predicted molar refractivity (Wildman–Crippen MR) is 167 cm³/mol. The number of aromatic nitrogens is 1. The van der Waals surface area contributed by atoms with Crippen molar-refractivity contribution in [2.45, 2.75) is 67.5 Å². The number of nitrogens with zero attached hydrogens (tertiary/aromatic N) is 2. The number of fused-ring (bicyclic) bond motifs is 1. The Morgan fingerprint density at radius 2 is 1.73 bits per heavy atom. The highest BCUT2D eigenvalue weighted by Gasteiger charge is 2.34. The molecule has 236 valence electrons. The van der Waals surface area contributed by atoms with Crippen molar-refractivity contribution in [2.75, 3.05) is 13.1 Å². The summed E-state index contributed by atoms with van der Waals surface area (Å²) >= 11 is 0. The number of hydrogen-bond acceptors (Lipinski definition) is 7. The number of phenolic OH excluding ortho intramolecular Hbond substituents is 1. The summed E-state index contributed by atoms with van der Waals surface area (Å²) in [7, 11) is -4.28. The highest BCUT2D eigenvalue weighted by Crippen LogP contribution is 2.32. The number of alkyl carbamates (subject to hydrolysis) is 1. The van der Waals surface area contributed by atoms with Crippen LogP contribution in [-0.4, -0.2) is 60.1 Å². The molecular weight excluding hydrogens is 597 g/mol. The van der Waals surface area contributed by atoms with Crippen LogP contribution in [0.25, 0.3) is 10.8 Å². The number of sulfone groups is 1. The average molecular weight is 634 g/mol. The maximum Gasteiger partial charge on any atom is 0.408 e. The smallest absolute Gasteiger partial charge is 0.408 e. The molecule has 2 amide bonds. The second-order valence-electron chi connectivity index (χ2n) is 12.2. The van der Waals surface area contributed by atoms with Crippen LogP contribution in [0, 0.1) is 5.82 Å². The van der Waals surface area contributed by atoms with Crippen LogP contribution >= 0.6 is 0 Å². The zero-order valence-electron chi connectivity index (χ0n) is 25.4. The van der Waals surface area contributed by atoms with E-state index in [4.69, 9.17) is 4.74 Å². The topological polar surface area (TPSA) is 126 Å². The van der Waals surface area contributed by atoms with Gasteiger partial charge in [-0.05, 0) is 86.4 Å². The molecule has 0 spiro atoms. The van der Waals surface area contributed by atoms with Gasteiger partial charge in [-0.25, -0.2) is 22.6 Å². The fraction of sp³-hybridized carbons (Fsp3) is 0.324. The standard InChI is InChI=1S/C34H36FN3O6S/c1-34(2,3)44-33(41)37-29(32(40)38-18-15-23(16-19-38)22-8-11-26(35)12-9-22)20-25-10-13-27(39)21-30(25)45(42,43)31-28-7-5-4-6-24(28)14-17-36-31/h4-14,17,21,23,29,39H,15-16,18-20H2,1-3H3,(H,37,41). The number of piperidine rings is 1. The van der Waals surface area contributed by atoms with E-state index in [0.717, 1.165) is 11.6 Å². The van der Waals surface area contributed by atoms with E-state index in [9.17, 15) is 27.5 Å². The van der Waals surface area contributed by atoms with Crippen LogP contribution in [0.1, 0.15) is 50.7 Å². The predicted octanol–water partition coefficient (Wildman–Crippen LogP) is 5.75. The number of likely N-dealkylation sites (tertiary alicyclic amines) is 1. The Hall–Kier alpha value is -4.51. The second kappa shape index (κ2) is 12.8. The third-order valence-electron chi connectivity index (χ3n) is 7.79. The summed E-state index contributed by atoms with van der Waals surface area (Å²) in [6.45, 7) is 5.89. The van der Waals surface area contributed by atoms with Crippen LogP contribution in [0.4, 0.5) is 9.18 Å². The molecule has 11 heteroatoms. The number of pyridine rings is 1. The van der Waals surface area contributed by atoms with Gasteiger partial charge in [0.25, 0.3) is 0 Å². The summed E-state index contributed by atoms with van der Waals surface area (Å²) in [5, 5.41) is 13.9. The number of carbonyl (C=O) groups excluding carboxylic acids is 2. The number of amides is 2. The van der Waals surface area contributed by atoms with Gasteiger partial charge >= 0.3 is 6.09 Å². The molecular formula is C34H36FN3O6S. The van der Waals surface area contributed by atoms with E-state index in [-0.39, 0.29) is 39.4 Å². The van der Waals surface area contributed by atoms with Gasteiger partial charge in [0.1, 0.15) is 23.2 Å². The SMILES string of the molecule is CC(C)(C)OC(=O)NC(Cc1ccc(O)cc1S(=O)(=O)c1nccc2ccccc12)C(=O)N1CCC(c2ccc(F)cc2)CC1. The van der Waals surface area contributed by atoms with Gasteiger partial charge in [0, 0.05) is 31.1 Å². The molecule has 1 aliphatic heterocycles. The Morgan fingerprint density at radius 3 is 2.42 bits per heavy atom. The molecule has 1 unspecified atom stereocenters. The van der Waals surface area contributed by atoms with Gasteiger partial charge in [0.15, 0.2) is 5.03 Å². The molecule has 4 aromatic rings. The Labute approximate surface area is 262 Å². The average Bonchev–Trinajstić information content (AvgIpc) is 3.00. The quantitative estimate of drug-likeness (QED) is 0.265. The Bertz CT molecular complexity index is 1810.